The van der Waals surface area contributed by atoms with Crippen LogP contribution in [0.4, 0.5) is 13.2 Å². The van der Waals surface area contributed by atoms with Crippen LogP contribution < -0.4 is 5.32 Å². The first-order chi connectivity index (χ1) is 9.95. The highest BCUT2D eigenvalue weighted by Crippen LogP contribution is 2.32. The summed E-state index contributed by atoms with van der Waals surface area (Å²) < 4.78 is 40.2. The van der Waals surface area contributed by atoms with E-state index >= 15 is 0 Å². The molecule has 0 radical (unpaired) electrons. The second-order valence-corrected chi connectivity index (χ2v) is 5.52. The zero-order valence-corrected chi connectivity index (χ0v) is 11.9. The van der Waals surface area contributed by atoms with Gasteiger partial charge in [0.2, 0.25) is 0 Å². The van der Waals surface area contributed by atoms with Crippen molar-refractivity contribution in [3.8, 4) is 0 Å². The Morgan fingerprint density at radius 1 is 1.19 bits per heavy atom. The normalized spacial score (nSPS) is 17.5. The molecule has 6 heteroatoms. The maximum atomic E-state index is 12.8. The maximum Gasteiger partial charge on any atom is 0.416 e. The molecule has 2 heterocycles. The molecule has 1 aromatic carbocycles. The minimum Gasteiger partial charge on any atom is -0.350 e. The number of hydrogen-bond donors (Lipinski definition) is 1. The molecule has 1 N–H and O–H groups in total. The molecule has 0 spiro atoms. The van der Waals surface area contributed by atoms with Crippen LogP contribution in [0.5, 0.6) is 0 Å². The summed E-state index contributed by atoms with van der Waals surface area (Å²) in [6.07, 6.45) is -2.36. The van der Waals surface area contributed by atoms with E-state index < -0.39 is 11.7 Å². The van der Waals surface area contributed by atoms with E-state index in [2.05, 4.69) is 10.2 Å². The standard InChI is InChI=1S/C15H18F3N3/c1-20-9-11(10-21-6-4-19-5-7-21)13-3-2-12(8-14(13)20)15(16,17)18/h2-3,8-9,19H,4-7,10H2,1H3. The molecule has 0 saturated carbocycles. The van der Waals surface area contributed by atoms with Gasteiger partial charge in [-0.2, -0.15) is 13.2 Å². The van der Waals surface area contributed by atoms with Gasteiger partial charge in [-0.1, -0.05) is 6.07 Å². The Bertz CT molecular complexity index is 639. The molecule has 1 aliphatic rings. The molecule has 1 aromatic heterocycles. The summed E-state index contributed by atoms with van der Waals surface area (Å²) in [6.45, 7) is 4.64. The first-order valence-corrected chi connectivity index (χ1v) is 7.03. The molecule has 1 fully saturated rings. The zero-order chi connectivity index (χ0) is 15.0. The predicted molar refractivity (Wildman–Crippen MR) is 76.1 cm³/mol. The van der Waals surface area contributed by atoms with Crippen molar-refractivity contribution in [3.63, 3.8) is 0 Å². The number of fused-ring (bicyclic) bond motifs is 1. The van der Waals surface area contributed by atoms with Gasteiger partial charge >= 0.3 is 6.18 Å². The van der Waals surface area contributed by atoms with Crippen LogP contribution in [0.3, 0.4) is 0 Å². The van der Waals surface area contributed by atoms with Crippen molar-refractivity contribution >= 4 is 10.9 Å². The lowest BCUT2D eigenvalue weighted by Gasteiger charge is -2.26. The Labute approximate surface area is 121 Å². The van der Waals surface area contributed by atoms with Crippen molar-refractivity contribution in [2.75, 3.05) is 26.2 Å². The van der Waals surface area contributed by atoms with E-state index in [1.54, 1.807) is 17.7 Å². The summed E-state index contributed by atoms with van der Waals surface area (Å²) in [5.41, 5.74) is 1.13. The largest absolute Gasteiger partial charge is 0.416 e. The van der Waals surface area contributed by atoms with Crippen LogP contribution in [0.2, 0.25) is 0 Å². The van der Waals surface area contributed by atoms with Gasteiger partial charge in [-0.25, -0.2) is 0 Å². The molecule has 114 valence electrons. The molecule has 21 heavy (non-hydrogen) atoms. The Morgan fingerprint density at radius 3 is 2.57 bits per heavy atom. The van der Waals surface area contributed by atoms with Crippen molar-refractivity contribution < 1.29 is 13.2 Å². The summed E-state index contributed by atoms with van der Waals surface area (Å²) in [6, 6.07) is 4.00. The second-order valence-electron chi connectivity index (χ2n) is 5.52. The third-order valence-corrected chi connectivity index (χ3v) is 4.00. The summed E-state index contributed by atoms with van der Waals surface area (Å²) in [5, 5.41) is 4.20. The lowest BCUT2D eigenvalue weighted by atomic mass is 10.1. The highest BCUT2D eigenvalue weighted by atomic mass is 19.4. The van der Waals surface area contributed by atoms with E-state index in [0.717, 1.165) is 43.7 Å². The number of rotatable bonds is 2. The number of nitrogens with one attached hydrogen (secondary N) is 1. The fourth-order valence-electron chi connectivity index (χ4n) is 2.88. The molecule has 3 nitrogen and oxygen atoms in total. The molecule has 0 atom stereocenters. The third kappa shape index (κ3) is 2.91. The highest BCUT2D eigenvalue weighted by molar-refractivity contribution is 5.84. The van der Waals surface area contributed by atoms with Gasteiger partial charge in [0.25, 0.3) is 0 Å². The number of aryl methyl sites for hydroxylation is 1. The van der Waals surface area contributed by atoms with E-state index in [1.807, 2.05) is 6.20 Å². The zero-order valence-electron chi connectivity index (χ0n) is 11.9. The minimum atomic E-state index is -4.29. The first kappa shape index (κ1) is 14.4. The summed E-state index contributed by atoms with van der Waals surface area (Å²) >= 11 is 0. The average Bonchev–Trinajstić information content (AvgIpc) is 2.75. The Balaban J connectivity index is 1.93. The molecular formula is C15H18F3N3. The van der Waals surface area contributed by atoms with E-state index in [9.17, 15) is 13.2 Å². The van der Waals surface area contributed by atoms with Crippen molar-refractivity contribution in [1.29, 1.82) is 0 Å². The predicted octanol–water partition coefficient (Wildman–Crippen LogP) is 2.60. The Kier molecular flexibility index (Phi) is 3.67. The fraction of sp³-hybridized carbons (Fsp3) is 0.467. The molecule has 0 unspecified atom stereocenters. The van der Waals surface area contributed by atoms with E-state index in [0.29, 0.717) is 5.52 Å². The summed E-state index contributed by atoms with van der Waals surface area (Å²) in [5.74, 6) is 0. The molecular weight excluding hydrogens is 279 g/mol. The van der Waals surface area contributed by atoms with Gasteiger partial charge in [-0.05, 0) is 17.7 Å². The van der Waals surface area contributed by atoms with Crippen molar-refractivity contribution in [2.24, 2.45) is 7.05 Å². The topological polar surface area (TPSA) is 20.2 Å². The molecule has 1 aliphatic heterocycles. The average molecular weight is 297 g/mol. The monoisotopic (exact) mass is 297 g/mol. The van der Waals surface area contributed by atoms with Crippen LogP contribution in [0.25, 0.3) is 10.9 Å². The van der Waals surface area contributed by atoms with E-state index in [1.165, 1.54) is 12.1 Å². The molecule has 0 bridgehead atoms. The number of aromatic nitrogens is 1. The van der Waals surface area contributed by atoms with Crippen LogP contribution in [0.15, 0.2) is 24.4 Å². The SMILES string of the molecule is Cn1cc(CN2CCNCC2)c2ccc(C(F)(F)F)cc21. The van der Waals surface area contributed by atoms with Gasteiger partial charge in [0, 0.05) is 56.9 Å². The van der Waals surface area contributed by atoms with Crippen LogP contribution in [0, 0.1) is 0 Å². The number of alkyl halides is 3. The third-order valence-electron chi connectivity index (χ3n) is 4.00. The van der Waals surface area contributed by atoms with Crippen molar-refractivity contribution in [2.45, 2.75) is 12.7 Å². The molecule has 2 aromatic rings. The van der Waals surface area contributed by atoms with Crippen molar-refractivity contribution in [1.82, 2.24) is 14.8 Å². The summed E-state index contributed by atoms with van der Waals surface area (Å²) in [4.78, 5) is 2.32. The molecule has 3 rings (SSSR count). The van der Waals surface area contributed by atoms with Crippen molar-refractivity contribution in [3.05, 3.63) is 35.5 Å². The van der Waals surface area contributed by atoms with Gasteiger partial charge in [-0.15, -0.1) is 0 Å². The van der Waals surface area contributed by atoms with Gasteiger partial charge in [0.1, 0.15) is 0 Å². The number of benzene rings is 1. The smallest absolute Gasteiger partial charge is 0.350 e. The van der Waals surface area contributed by atoms with Gasteiger partial charge in [-0.3, -0.25) is 4.90 Å². The maximum absolute atomic E-state index is 12.8. The van der Waals surface area contributed by atoms with Gasteiger partial charge < -0.3 is 9.88 Å². The van der Waals surface area contributed by atoms with Gasteiger partial charge in [0.05, 0.1) is 5.56 Å². The second kappa shape index (κ2) is 5.35. The Hall–Kier alpha value is -1.53. The highest BCUT2D eigenvalue weighted by Gasteiger charge is 2.31. The number of hydrogen-bond acceptors (Lipinski definition) is 2. The number of halogens is 3. The minimum absolute atomic E-state index is 0.593. The van der Waals surface area contributed by atoms with E-state index in [4.69, 9.17) is 0 Å². The van der Waals surface area contributed by atoms with Crippen LogP contribution in [-0.4, -0.2) is 35.6 Å². The molecule has 0 amide bonds. The quantitative estimate of drug-likeness (QED) is 0.919. The Morgan fingerprint density at radius 2 is 1.90 bits per heavy atom. The molecule has 1 saturated heterocycles. The van der Waals surface area contributed by atoms with Crippen LogP contribution in [-0.2, 0) is 19.8 Å². The lowest BCUT2D eigenvalue weighted by Crippen LogP contribution is -2.42. The molecule has 0 aliphatic carbocycles. The lowest BCUT2D eigenvalue weighted by molar-refractivity contribution is -0.137. The number of nitrogens with zero attached hydrogens (tertiary/aromatic N) is 2. The first-order valence-electron chi connectivity index (χ1n) is 7.03. The van der Waals surface area contributed by atoms with Gasteiger partial charge in [0.15, 0.2) is 0 Å². The summed E-state index contributed by atoms with van der Waals surface area (Å²) in [7, 11) is 1.80. The number of piperazine rings is 1. The fourth-order valence-corrected chi connectivity index (χ4v) is 2.88. The van der Waals surface area contributed by atoms with E-state index in [-0.39, 0.29) is 0 Å². The van der Waals surface area contributed by atoms with Crippen LogP contribution >= 0.6 is 0 Å². The van der Waals surface area contributed by atoms with Crippen LogP contribution in [0.1, 0.15) is 11.1 Å².